The van der Waals surface area contributed by atoms with E-state index in [0.29, 0.717) is 9.27 Å². The molecule has 10 heteroatoms. The van der Waals surface area contributed by atoms with E-state index >= 15 is 0 Å². The third-order valence-corrected chi connectivity index (χ3v) is 7.67. The van der Waals surface area contributed by atoms with Gasteiger partial charge in [-0.15, -0.1) is 0 Å². The number of sulfonamides is 2. The second-order valence-corrected chi connectivity index (χ2v) is 9.16. The minimum absolute atomic E-state index is 0.231. The maximum atomic E-state index is 12.4. The first-order valence-corrected chi connectivity index (χ1v) is 10.3. The fourth-order valence-corrected chi connectivity index (χ4v) is 6.15. The van der Waals surface area contributed by atoms with Crippen LogP contribution in [0.1, 0.15) is 32.3 Å². The molecule has 0 aliphatic carbocycles. The summed E-state index contributed by atoms with van der Waals surface area (Å²) in [6.45, 7) is 4.72. The number of nitro groups is 1. The molecular weight excluding hydrogens is 344 g/mol. The molecule has 8 nitrogen and oxygen atoms in total. The molecule has 0 saturated heterocycles. The van der Waals surface area contributed by atoms with E-state index in [4.69, 9.17) is 0 Å². The predicted molar refractivity (Wildman–Crippen MR) is 88.5 cm³/mol. The van der Waals surface area contributed by atoms with Gasteiger partial charge >= 0.3 is 0 Å². The molecule has 0 amide bonds. The highest BCUT2D eigenvalue weighted by atomic mass is 32.3. The van der Waals surface area contributed by atoms with Gasteiger partial charge in [0.05, 0.1) is 22.1 Å². The van der Waals surface area contributed by atoms with Crippen LogP contribution in [0.4, 0.5) is 11.4 Å². The summed E-state index contributed by atoms with van der Waals surface area (Å²) >= 11 is 0. The van der Waals surface area contributed by atoms with Gasteiger partial charge in [0.1, 0.15) is 0 Å². The van der Waals surface area contributed by atoms with Crippen molar-refractivity contribution in [1.82, 2.24) is 0 Å². The Bertz CT molecular complexity index is 751. The Hall–Kier alpha value is -1.68. The van der Waals surface area contributed by atoms with Crippen LogP contribution in [-0.2, 0) is 20.0 Å². The van der Waals surface area contributed by atoms with Gasteiger partial charge in [-0.3, -0.25) is 10.1 Å². The fraction of sp³-hybridized carbons (Fsp3) is 0.538. The van der Waals surface area contributed by atoms with E-state index in [1.807, 2.05) is 0 Å². The highest BCUT2D eigenvalue weighted by molar-refractivity contribution is 8.10. The Morgan fingerprint density at radius 3 is 1.91 bits per heavy atom. The Kier molecular flexibility index (Phi) is 6.11. The third kappa shape index (κ3) is 4.41. The molecule has 0 saturated carbocycles. The summed E-state index contributed by atoms with van der Waals surface area (Å²) < 4.78 is 49.9. The van der Waals surface area contributed by atoms with Crippen LogP contribution in [0, 0.1) is 17.0 Å². The van der Waals surface area contributed by atoms with Crippen molar-refractivity contribution in [1.29, 1.82) is 0 Å². The van der Waals surface area contributed by atoms with E-state index < -0.39 is 25.0 Å². The standard InChI is InChI=1S/C13H20N2O6S2/c1-4-8-22(18,19)15(23(20,21)9-5-2)12-7-6-11(3)13(10-12)14(16)17/h6-7,10H,4-5,8-9H2,1-3H3. The van der Waals surface area contributed by atoms with Crippen LogP contribution in [0.5, 0.6) is 0 Å². The maximum absolute atomic E-state index is 12.4. The third-order valence-electron chi connectivity index (χ3n) is 3.03. The van der Waals surface area contributed by atoms with Gasteiger partial charge in [-0.25, -0.2) is 16.8 Å². The molecule has 1 aromatic carbocycles. The molecule has 0 heterocycles. The van der Waals surface area contributed by atoms with Gasteiger partial charge in [-0.1, -0.05) is 19.9 Å². The molecule has 1 rings (SSSR count). The van der Waals surface area contributed by atoms with Gasteiger partial charge in [0, 0.05) is 11.6 Å². The summed E-state index contributed by atoms with van der Waals surface area (Å²) in [7, 11) is -8.28. The van der Waals surface area contributed by atoms with Crippen molar-refractivity contribution in [3.63, 3.8) is 0 Å². The second kappa shape index (κ2) is 7.26. The van der Waals surface area contributed by atoms with Gasteiger partial charge in [-0.2, -0.15) is 3.71 Å². The zero-order valence-electron chi connectivity index (χ0n) is 13.2. The average molecular weight is 364 g/mol. The molecule has 0 atom stereocenters. The normalized spacial score (nSPS) is 12.1. The van der Waals surface area contributed by atoms with E-state index in [2.05, 4.69) is 0 Å². The fourth-order valence-electron chi connectivity index (χ4n) is 2.08. The van der Waals surface area contributed by atoms with Crippen molar-refractivity contribution in [3.05, 3.63) is 33.9 Å². The average Bonchev–Trinajstić information content (AvgIpc) is 2.39. The first-order chi connectivity index (χ1) is 10.6. The van der Waals surface area contributed by atoms with Crippen LogP contribution in [-0.4, -0.2) is 33.3 Å². The van der Waals surface area contributed by atoms with E-state index in [1.165, 1.54) is 19.1 Å². The molecule has 0 unspecified atom stereocenters. The van der Waals surface area contributed by atoms with Crippen LogP contribution < -0.4 is 3.71 Å². The lowest BCUT2D eigenvalue weighted by molar-refractivity contribution is -0.385. The number of anilines is 1. The summed E-state index contributed by atoms with van der Waals surface area (Å²) in [6.07, 6.45) is 0.461. The summed E-state index contributed by atoms with van der Waals surface area (Å²) in [5, 5.41) is 11.0. The van der Waals surface area contributed by atoms with Crippen LogP contribution in [0.2, 0.25) is 0 Å². The van der Waals surface area contributed by atoms with E-state index in [-0.39, 0.29) is 35.7 Å². The smallest absolute Gasteiger partial charge is 0.258 e. The van der Waals surface area contributed by atoms with Crippen LogP contribution in [0.3, 0.4) is 0 Å². The molecule has 0 aliphatic rings. The van der Waals surface area contributed by atoms with Crippen LogP contribution >= 0.6 is 0 Å². The Morgan fingerprint density at radius 2 is 1.52 bits per heavy atom. The second-order valence-electron chi connectivity index (χ2n) is 5.06. The molecule has 0 radical (unpaired) electrons. The predicted octanol–water partition coefficient (Wildman–Crippen LogP) is 2.19. The van der Waals surface area contributed by atoms with Crippen molar-refractivity contribution in [2.24, 2.45) is 0 Å². The van der Waals surface area contributed by atoms with E-state index in [9.17, 15) is 26.9 Å². The van der Waals surface area contributed by atoms with Gasteiger partial charge < -0.3 is 0 Å². The van der Waals surface area contributed by atoms with Gasteiger partial charge in [0.15, 0.2) is 0 Å². The van der Waals surface area contributed by atoms with Crippen molar-refractivity contribution >= 4 is 31.4 Å². The number of hydrogen-bond donors (Lipinski definition) is 0. The molecule has 0 bridgehead atoms. The Morgan fingerprint density at radius 1 is 1.04 bits per heavy atom. The number of rotatable bonds is 8. The molecule has 0 fully saturated rings. The lowest BCUT2D eigenvalue weighted by Gasteiger charge is -2.23. The van der Waals surface area contributed by atoms with Crippen molar-refractivity contribution in [3.8, 4) is 0 Å². The van der Waals surface area contributed by atoms with Gasteiger partial charge in [0.25, 0.3) is 5.69 Å². The highest BCUT2D eigenvalue weighted by Crippen LogP contribution is 2.29. The van der Waals surface area contributed by atoms with Crippen molar-refractivity contribution in [2.75, 3.05) is 15.2 Å². The zero-order chi connectivity index (χ0) is 17.8. The number of benzene rings is 1. The number of nitrogens with zero attached hydrogens (tertiary/aromatic N) is 2. The SMILES string of the molecule is CCCS(=O)(=O)N(c1ccc(C)c([N+](=O)[O-])c1)S(=O)(=O)CCC. The summed E-state index contributed by atoms with van der Waals surface area (Å²) in [4.78, 5) is 10.4. The first kappa shape index (κ1) is 19.4. The molecule has 0 aliphatic heterocycles. The molecule has 0 aromatic heterocycles. The molecule has 130 valence electrons. The summed E-state index contributed by atoms with van der Waals surface area (Å²) in [6, 6.07) is 3.59. The first-order valence-electron chi connectivity index (χ1n) is 7.07. The molecule has 0 spiro atoms. The highest BCUT2D eigenvalue weighted by Gasteiger charge is 2.34. The van der Waals surface area contributed by atoms with Gasteiger partial charge in [0.2, 0.25) is 20.0 Å². The lowest BCUT2D eigenvalue weighted by Crippen LogP contribution is -2.39. The minimum atomic E-state index is -4.14. The molecule has 1 aromatic rings. The molecular formula is C13H20N2O6S2. The lowest BCUT2D eigenvalue weighted by atomic mass is 10.2. The topological polar surface area (TPSA) is 115 Å². The number of nitro benzene ring substituents is 1. The monoisotopic (exact) mass is 364 g/mol. The quantitative estimate of drug-likeness (QED) is 0.516. The van der Waals surface area contributed by atoms with Crippen molar-refractivity contribution in [2.45, 2.75) is 33.6 Å². The van der Waals surface area contributed by atoms with Gasteiger partial charge in [-0.05, 0) is 25.8 Å². The van der Waals surface area contributed by atoms with E-state index in [0.717, 1.165) is 6.07 Å². The number of hydrogen-bond acceptors (Lipinski definition) is 6. The Balaban J connectivity index is 3.60. The van der Waals surface area contributed by atoms with Crippen LogP contribution in [0.15, 0.2) is 18.2 Å². The zero-order valence-corrected chi connectivity index (χ0v) is 14.9. The molecule has 0 N–H and O–H groups in total. The summed E-state index contributed by atoms with van der Waals surface area (Å²) in [5.41, 5.74) is -0.241. The van der Waals surface area contributed by atoms with E-state index in [1.54, 1.807) is 13.8 Å². The van der Waals surface area contributed by atoms with Crippen molar-refractivity contribution < 1.29 is 21.8 Å². The summed E-state index contributed by atoms with van der Waals surface area (Å²) in [5.74, 6) is -0.727. The minimum Gasteiger partial charge on any atom is -0.258 e. The largest absolute Gasteiger partial charge is 0.274 e. The Labute approximate surface area is 136 Å². The van der Waals surface area contributed by atoms with Crippen LogP contribution in [0.25, 0.3) is 0 Å². The number of aryl methyl sites for hydroxylation is 1. The molecule has 23 heavy (non-hydrogen) atoms. The maximum Gasteiger partial charge on any atom is 0.274 e.